The molecule has 0 aliphatic rings. The molecule has 0 aliphatic heterocycles. The number of nitrogens with zero attached hydrogens (tertiary/aromatic N) is 1. The lowest BCUT2D eigenvalue weighted by atomic mass is 10.2. The molecule has 1 rings (SSSR count). The fourth-order valence-electron chi connectivity index (χ4n) is 1.41. The van der Waals surface area contributed by atoms with E-state index in [1.165, 1.54) is 6.07 Å². The zero-order valence-electron chi connectivity index (χ0n) is 10.5. The first-order chi connectivity index (χ1) is 8.82. The Labute approximate surface area is 126 Å². The molecule has 0 fully saturated rings. The number of benzene rings is 1. The number of anilines is 1. The second-order valence-electron chi connectivity index (χ2n) is 4.07. The van der Waals surface area contributed by atoms with Crippen molar-refractivity contribution in [3.05, 3.63) is 31.6 Å². The van der Waals surface area contributed by atoms with Gasteiger partial charge in [0.1, 0.15) is 11.5 Å². The molecule has 0 radical (unpaired) electrons. The number of nitrogens with one attached hydrogen (secondary N) is 1. The minimum absolute atomic E-state index is 0.0137. The Bertz CT molecular complexity index is 513. The van der Waals surface area contributed by atoms with E-state index in [0.717, 1.165) is 6.07 Å². The van der Waals surface area contributed by atoms with Gasteiger partial charge in [0.25, 0.3) is 5.69 Å². The lowest BCUT2D eigenvalue weighted by molar-refractivity contribution is -0.384. The van der Waals surface area contributed by atoms with E-state index in [4.69, 9.17) is 0 Å². The molecule has 0 spiro atoms. The topological polar surface area (TPSA) is 72.2 Å². The van der Waals surface area contributed by atoms with Crippen LogP contribution in [0, 0.1) is 19.5 Å². The Kier molecular flexibility index (Phi) is 6.11. The van der Waals surface area contributed by atoms with Crippen molar-refractivity contribution in [2.45, 2.75) is 18.6 Å². The van der Waals surface area contributed by atoms with Crippen molar-refractivity contribution in [3.63, 3.8) is 0 Å². The van der Waals surface area contributed by atoms with Gasteiger partial charge in [-0.3, -0.25) is 14.3 Å². The van der Waals surface area contributed by atoms with E-state index in [2.05, 4.69) is 5.32 Å². The van der Waals surface area contributed by atoms with E-state index in [1.807, 2.05) is 6.92 Å². The second-order valence-corrected chi connectivity index (χ2v) is 7.03. The predicted octanol–water partition coefficient (Wildman–Crippen LogP) is 2.91. The highest BCUT2D eigenvalue weighted by Crippen LogP contribution is 2.28. The molecule has 8 heteroatoms. The van der Waals surface area contributed by atoms with E-state index < -0.39 is 21.5 Å². The molecule has 1 N–H and O–H groups in total. The van der Waals surface area contributed by atoms with E-state index in [1.54, 1.807) is 28.8 Å². The van der Waals surface area contributed by atoms with Crippen LogP contribution in [0.25, 0.3) is 0 Å². The highest BCUT2D eigenvalue weighted by Gasteiger charge is 2.17. The van der Waals surface area contributed by atoms with Gasteiger partial charge in [0.15, 0.2) is 0 Å². The van der Waals surface area contributed by atoms with Crippen LogP contribution in [0.2, 0.25) is 0 Å². The van der Waals surface area contributed by atoms with Crippen LogP contribution in [-0.2, 0) is 10.8 Å². The lowest BCUT2D eigenvalue weighted by Gasteiger charge is -2.11. The van der Waals surface area contributed by atoms with Crippen LogP contribution in [0.3, 0.4) is 0 Å². The van der Waals surface area contributed by atoms with Crippen molar-refractivity contribution in [2.24, 2.45) is 0 Å². The summed E-state index contributed by atoms with van der Waals surface area (Å²) in [7, 11) is -0.940. The maximum absolute atomic E-state index is 13.4. The van der Waals surface area contributed by atoms with Gasteiger partial charge in [0.2, 0.25) is 0 Å². The average molecular weight is 400 g/mol. The van der Waals surface area contributed by atoms with Gasteiger partial charge in [-0.25, -0.2) is 4.39 Å². The van der Waals surface area contributed by atoms with Crippen LogP contribution in [0.5, 0.6) is 0 Å². The summed E-state index contributed by atoms with van der Waals surface area (Å²) in [6.07, 6.45) is 2.20. The molecule has 2 atom stereocenters. The van der Waals surface area contributed by atoms with Crippen LogP contribution in [0.15, 0.2) is 12.1 Å². The molecule has 0 amide bonds. The summed E-state index contributed by atoms with van der Waals surface area (Å²) < 4.78 is 24.8. The quantitative estimate of drug-likeness (QED) is 0.453. The summed E-state index contributed by atoms with van der Waals surface area (Å²) in [4.78, 5) is 10.3. The zero-order chi connectivity index (χ0) is 14.6. The molecule has 0 aliphatic carbocycles. The van der Waals surface area contributed by atoms with Gasteiger partial charge in [0, 0.05) is 41.0 Å². The van der Waals surface area contributed by atoms with Gasteiger partial charge < -0.3 is 5.32 Å². The molecule has 2 unspecified atom stereocenters. The van der Waals surface area contributed by atoms with Crippen molar-refractivity contribution in [3.8, 4) is 0 Å². The number of hydrogen-bond donors (Lipinski definition) is 1. The third kappa shape index (κ3) is 4.68. The molecular formula is C11H14FIN2O3S. The Morgan fingerprint density at radius 2 is 2.21 bits per heavy atom. The SMILES string of the molecule is CC(CCNc1cc(F)c(I)cc1[N+](=O)[O-])S(C)=O. The Hall–Kier alpha value is -0.770. The van der Waals surface area contributed by atoms with E-state index in [-0.39, 0.29) is 20.2 Å². The summed E-state index contributed by atoms with van der Waals surface area (Å²) in [5.74, 6) is -0.499. The van der Waals surface area contributed by atoms with Crippen molar-refractivity contribution < 1.29 is 13.5 Å². The molecule has 19 heavy (non-hydrogen) atoms. The van der Waals surface area contributed by atoms with Gasteiger partial charge in [-0.15, -0.1) is 0 Å². The number of nitro groups is 1. The molecule has 0 aromatic heterocycles. The van der Waals surface area contributed by atoms with Crippen LogP contribution in [-0.4, -0.2) is 27.2 Å². The zero-order valence-corrected chi connectivity index (χ0v) is 13.5. The molecule has 0 saturated carbocycles. The largest absolute Gasteiger partial charge is 0.379 e. The molecule has 106 valence electrons. The fourth-order valence-corrected chi connectivity index (χ4v) is 2.31. The normalized spacial score (nSPS) is 13.9. The number of nitro benzene ring substituents is 1. The van der Waals surface area contributed by atoms with Crippen molar-refractivity contribution in [1.29, 1.82) is 0 Å². The summed E-state index contributed by atoms with van der Waals surface area (Å²) in [5, 5.41) is 13.7. The standard InChI is InChI=1S/C11H14FIN2O3S/c1-7(19(2)18)3-4-14-10-5-8(12)9(13)6-11(10)15(16)17/h5-7,14H,3-4H2,1-2H3. The maximum atomic E-state index is 13.4. The van der Waals surface area contributed by atoms with E-state index in [9.17, 15) is 18.7 Å². The maximum Gasteiger partial charge on any atom is 0.293 e. The Morgan fingerprint density at radius 3 is 2.74 bits per heavy atom. The highest BCUT2D eigenvalue weighted by molar-refractivity contribution is 14.1. The third-order valence-corrected chi connectivity index (χ3v) is 4.86. The van der Waals surface area contributed by atoms with E-state index >= 15 is 0 Å². The summed E-state index contributed by atoms with van der Waals surface area (Å²) >= 11 is 1.71. The molecular weight excluding hydrogens is 386 g/mol. The van der Waals surface area contributed by atoms with Gasteiger partial charge in [0.05, 0.1) is 8.49 Å². The van der Waals surface area contributed by atoms with Gasteiger partial charge in [-0.05, 0) is 29.0 Å². The summed E-state index contributed by atoms with van der Waals surface area (Å²) in [6, 6.07) is 2.31. The first kappa shape index (κ1) is 16.3. The molecule has 5 nitrogen and oxygen atoms in total. The minimum Gasteiger partial charge on any atom is -0.379 e. The minimum atomic E-state index is -0.940. The third-order valence-electron chi connectivity index (χ3n) is 2.67. The molecule has 0 heterocycles. The van der Waals surface area contributed by atoms with E-state index in [0.29, 0.717) is 13.0 Å². The molecule has 0 saturated heterocycles. The van der Waals surface area contributed by atoms with Gasteiger partial charge in [-0.1, -0.05) is 6.92 Å². The predicted molar refractivity (Wildman–Crippen MR) is 82.4 cm³/mol. The van der Waals surface area contributed by atoms with Crippen LogP contribution in [0.4, 0.5) is 15.8 Å². The summed E-state index contributed by atoms with van der Waals surface area (Å²) in [6.45, 7) is 2.24. The second kappa shape index (κ2) is 7.13. The Balaban J connectivity index is 2.80. The molecule has 0 bridgehead atoms. The summed E-state index contributed by atoms with van der Waals surface area (Å²) in [5.41, 5.74) is -0.00641. The van der Waals surface area contributed by atoms with Gasteiger partial charge >= 0.3 is 0 Å². The number of hydrogen-bond acceptors (Lipinski definition) is 4. The molecule has 1 aromatic carbocycles. The van der Waals surface area contributed by atoms with Crippen LogP contribution >= 0.6 is 22.6 Å². The van der Waals surface area contributed by atoms with Crippen molar-refractivity contribution in [2.75, 3.05) is 18.1 Å². The van der Waals surface area contributed by atoms with Crippen LogP contribution < -0.4 is 5.32 Å². The van der Waals surface area contributed by atoms with Crippen molar-refractivity contribution >= 4 is 44.8 Å². The highest BCUT2D eigenvalue weighted by atomic mass is 127. The first-order valence-corrected chi connectivity index (χ1v) is 8.22. The lowest BCUT2D eigenvalue weighted by Crippen LogP contribution is -2.15. The monoisotopic (exact) mass is 400 g/mol. The van der Waals surface area contributed by atoms with Crippen LogP contribution in [0.1, 0.15) is 13.3 Å². The Morgan fingerprint density at radius 1 is 1.58 bits per heavy atom. The smallest absolute Gasteiger partial charge is 0.293 e. The average Bonchev–Trinajstić information content (AvgIpc) is 2.32. The van der Waals surface area contributed by atoms with Gasteiger partial charge in [-0.2, -0.15) is 0 Å². The molecule has 1 aromatic rings. The number of halogens is 2. The first-order valence-electron chi connectivity index (χ1n) is 5.52. The number of rotatable bonds is 6. The van der Waals surface area contributed by atoms with Crippen molar-refractivity contribution in [1.82, 2.24) is 0 Å². The fraction of sp³-hybridized carbons (Fsp3) is 0.455.